The lowest BCUT2D eigenvalue weighted by Crippen LogP contribution is -1.89. The molecule has 2 rings (SSSR count). The Morgan fingerprint density at radius 3 is 2.79 bits per heavy atom. The van der Waals surface area contributed by atoms with Gasteiger partial charge in [-0.25, -0.2) is 0 Å². The minimum Gasteiger partial charge on any atom is -0.398 e. The molecule has 0 bridgehead atoms. The van der Waals surface area contributed by atoms with Crippen molar-refractivity contribution in [3.63, 3.8) is 0 Å². The van der Waals surface area contributed by atoms with E-state index in [4.69, 9.17) is 11.0 Å². The molecule has 0 radical (unpaired) electrons. The zero-order valence-electron chi connectivity index (χ0n) is 7.40. The van der Waals surface area contributed by atoms with Crippen LogP contribution < -0.4 is 5.73 Å². The Morgan fingerprint density at radius 2 is 2.14 bits per heavy atom. The molecule has 3 heteroatoms. The molecule has 2 nitrogen and oxygen atoms in total. The Labute approximate surface area is 86.2 Å². The Morgan fingerprint density at radius 1 is 1.29 bits per heavy atom. The molecule has 2 aromatic rings. The molecule has 0 saturated carbocycles. The molecular formula is C11H8N2S. The first kappa shape index (κ1) is 8.79. The van der Waals surface area contributed by atoms with Crippen LogP contribution in [0.3, 0.4) is 0 Å². The summed E-state index contributed by atoms with van der Waals surface area (Å²) in [5.74, 6) is 0. The van der Waals surface area contributed by atoms with Gasteiger partial charge >= 0.3 is 0 Å². The fourth-order valence-corrected chi connectivity index (χ4v) is 1.95. The van der Waals surface area contributed by atoms with Gasteiger partial charge in [-0.1, -0.05) is 0 Å². The summed E-state index contributed by atoms with van der Waals surface area (Å²) in [4.78, 5) is 0. The number of thiophene rings is 1. The fourth-order valence-electron chi connectivity index (χ4n) is 1.29. The summed E-state index contributed by atoms with van der Waals surface area (Å²) in [5.41, 5.74) is 9.19. The third kappa shape index (κ3) is 1.48. The Bertz CT molecular complexity index is 480. The van der Waals surface area contributed by atoms with Gasteiger partial charge in [-0.3, -0.25) is 0 Å². The monoisotopic (exact) mass is 200 g/mol. The maximum atomic E-state index is 8.76. The van der Waals surface area contributed by atoms with E-state index >= 15 is 0 Å². The molecule has 0 amide bonds. The van der Waals surface area contributed by atoms with E-state index in [0.717, 1.165) is 11.1 Å². The zero-order chi connectivity index (χ0) is 9.97. The van der Waals surface area contributed by atoms with Crippen molar-refractivity contribution in [1.29, 1.82) is 5.26 Å². The van der Waals surface area contributed by atoms with Crippen LogP contribution in [0.2, 0.25) is 0 Å². The van der Waals surface area contributed by atoms with Crippen molar-refractivity contribution in [3.8, 4) is 17.2 Å². The Balaban J connectivity index is 2.58. The number of nitrogens with zero attached hydrogens (tertiary/aromatic N) is 1. The van der Waals surface area contributed by atoms with Crippen LogP contribution in [0, 0.1) is 11.3 Å². The molecule has 1 aromatic heterocycles. The van der Waals surface area contributed by atoms with Gasteiger partial charge in [0.25, 0.3) is 0 Å². The van der Waals surface area contributed by atoms with E-state index in [1.54, 1.807) is 23.5 Å². The number of rotatable bonds is 1. The Hall–Kier alpha value is -1.79. The molecule has 14 heavy (non-hydrogen) atoms. The van der Waals surface area contributed by atoms with E-state index in [1.165, 1.54) is 0 Å². The zero-order valence-corrected chi connectivity index (χ0v) is 8.21. The molecule has 1 heterocycles. The number of hydrogen-bond acceptors (Lipinski definition) is 3. The van der Waals surface area contributed by atoms with Gasteiger partial charge in [0, 0.05) is 11.3 Å². The van der Waals surface area contributed by atoms with Crippen molar-refractivity contribution in [2.75, 3.05) is 5.73 Å². The third-order valence-electron chi connectivity index (χ3n) is 2.01. The SMILES string of the molecule is N#Cc1ccc(N)c(-c2ccsc2)c1. The van der Waals surface area contributed by atoms with Gasteiger partial charge in [-0.2, -0.15) is 16.6 Å². The van der Waals surface area contributed by atoms with Gasteiger partial charge in [0.15, 0.2) is 0 Å². The van der Waals surface area contributed by atoms with Crippen molar-refractivity contribution in [1.82, 2.24) is 0 Å². The molecular weight excluding hydrogens is 192 g/mol. The van der Waals surface area contributed by atoms with E-state index in [2.05, 4.69) is 6.07 Å². The highest BCUT2D eigenvalue weighted by atomic mass is 32.1. The van der Waals surface area contributed by atoms with E-state index in [9.17, 15) is 0 Å². The van der Waals surface area contributed by atoms with Crippen LogP contribution >= 0.6 is 11.3 Å². The highest BCUT2D eigenvalue weighted by molar-refractivity contribution is 7.08. The number of nitrogen functional groups attached to an aromatic ring is 1. The van der Waals surface area contributed by atoms with Gasteiger partial charge in [0.05, 0.1) is 11.6 Å². The molecule has 0 aliphatic carbocycles. The first-order valence-corrected chi connectivity index (χ1v) is 5.08. The normalized spacial score (nSPS) is 9.64. The molecule has 0 atom stereocenters. The van der Waals surface area contributed by atoms with E-state index in [0.29, 0.717) is 11.3 Å². The first-order valence-electron chi connectivity index (χ1n) is 4.13. The lowest BCUT2D eigenvalue weighted by Gasteiger charge is -2.02. The summed E-state index contributed by atoms with van der Waals surface area (Å²) >= 11 is 1.62. The van der Waals surface area contributed by atoms with Gasteiger partial charge in [0.1, 0.15) is 0 Å². The third-order valence-corrected chi connectivity index (χ3v) is 2.70. The lowest BCUT2D eigenvalue weighted by atomic mass is 10.0. The quantitative estimate of drug-likeness (QED) is 0.719. The summed E-state index contributed by atoms with van der Waals surface area (Å²) in [6.07, 6.45) is 0. The number of nitrogens with two attached hydrogens (primary N) is 1. The van der Waals surface area contributed by atoms with Crippen molar-refractivity contribution in [2.45, 2.75) is 0 Å². The van der Waals surface area contributed by atoms with Crippen LogP contribution in [0.1, 0.15) is 5.56 Å². The molecule has 0 saturated heterocycles. The number of benzene rings is 1. The summed E-state index contributed by atoms with van der Waals surface area (Å²) < 4.78 is 0. The number of nitriles is 1. The molecule has 0 unspecified atom stereocenters. The average molecular weight is 200 g/mol. The summed E-state index contributed by atoms with van der Waals surface area (Å²) in [5, 5.41) is 12.8. The van der Waals surface area contributed by atoms with Crippen molar-refractivity contribution in [2.24, 2.45) is 0 Å². The van der Waals surface area contributed by atoms with Crippen molar-refractivity contribution < 1.29 is 0 Å². The summed E-state index contributed by atoms with van der Waals surface area (Å²) in [6.45, 7) is 0. The van der Waals surface area contributed by atoms with Gasteiger partial charge in [0.2, 0.25) is 0 Å². The number of anilines is 1. The maximum absolute atomic E-state index is 8.76. The minimum absolute atomic E-state index is 0.639. The smallest absolute Gasteiger partial charge is 0.0991 e. The predicted octanol–water partition coefficient (Wildman–Crippen LogP) is 2.87. The molecule has 0 fully saturated rings. The molecule has 0 aliphatic heterocycles. The average Bonchev–Trinajstić information content (AvgIpc) is 2.71. The summed E-state index contributed by atoms with van der Waals surface area (Å²) in [6, 6.07) is 9.42. The highest BCUT2D eigenvalue weighted by Gasteiger charge is 2.03. The predicted molar refractivity (Wildman–Crippen MR) is 58.9 cm³/mol. The standard InChI is InChI=1S/C11H8N2S/c12-6-8-1-2-11(13)10(5-8)9-3-4-14-7-9/h1-5,7H,13H2. The highest BCUT2D eigenvalue weighted by Crippen LogP contribution is 2.28. The molecule has 1 aromatic carbocycles. The minimum atomic E-state index is 0.639. The molecule has 2 N–H and O–H groups in total. The molecule has 0 aliphatic rings. The largest absolute Gasteiger partial charge is 0.398 e. The van der Waals surface area contributed by atoms with Crippen molar-refractivity contribution >= 4 is 17.0 Å². The van der Waals surface area contributed by atoms with E-state index in [-0.39, 0.29) is 0 Å². The lowest BCUT2D eigenvalue weighted by molar-refractivity contribution is 1.48. The van der Waals surface area contributed by atoms with E-state index < -0.39 is 0 Å². The number of hydrogen-bond donors (Lipinski definition) is 1. The van der Waals surface area contributed by atoms with Crippen LogP contribution in [-0.2, 0) is 0 Å². The second kappa shape index (κ2) is 3.52. The van der Waals surface area contributed by atoms with Crippen LogP contribution in [0.15, 0.2) is 35.0 Å². The van der Waals surface area contributed by atoms with Gasteiger partial charge in [-0.15, -0.1) is 0 Å². The van der Waals surface area contributed by atoms with Crippen LogP contribution in [0.4, 0.5) is 5.69 Å². The van der Waals surface area contributed by atoms with Crippen LogP contribution in [-0.4, -0.2) is 0 Å². The summed E-state index contributed by atoms with van der Waals surface area (Å²) in [7, 11) is 0. The van der Waals surface area contributed by atoms with Crippen molar-refractivity contribution in [3.05, 3.63) is 40.6 Å². The van der Waals surface area contributed by atoms with Gasteiger partial charge < -0.3 is 5.73 Å². The van der Waals surface area contributed by atoms with E-state index in [1.807, 2.05) is 22.9 Å². The fraction of sp³-hybridized carbons (Fsp3) is 0. The second-order valence-corrected chi connectivity index (χ2v) is 3.71. The van der Waals surface area contributed by atoms with Gasteiger partial charge in [-0.05, 0) is 40.6 Å². The Kier molecular flexibility index (Phi) is 2.21. The molecule has 68 valence electrons. The van der Waals surface area contributed by atoms with Crippen LogP contribution in [0.5, 0.6) is 0 Å². The first-order chi connectivity index (χ1) is 6.81. The second-order valence-electron chi connectivity index (χ2n) is 2.93. The maximum Gasteiger partial charge on any atom is 0.0991 e. The van der Waals surface area contributed by atoms with Crippen LogP contribution in [0.25, 0.3) is 11.1 Å². The topological polar surface area (TPSA) is 49.8 Å². The molecule has 0 spiro atoms.